The second-order valence-corrected chi connectivity index (χ2v) is 3.49. The average Bonchev–Trinajstić information content (AvgIpc) is 2.53. The van der Waals surface area contributed by atoms with Crippen molar-refractivity contribution in [1.82, 2.24) is 4.90 Å². The summed E-state index contributed by atoms with van der Waals surface area (Å²) < 4.78 is 5.76. The molecule has 0 radical (unpaired) electrons. The SMILES string of the molecule is CCN(CC)C(=O)Nc1ccc(Br)o1. The van der Waals surface area contributed by atoms with E-state index in [1.807, 2.05) is 13.8 Å². The maximum Gasteiger partial charge on any atom is 0.324 e. The van der Waals surface area contributed by atoms with Crippen molar-refractivity contribution in [2.24, 2.45) is 0 Å². The van der Waals surface area contributed by atoms with Crippen LogP contribution in [0.5, 0.6) is 0 Å². The smallest absolute Gasteiger partial charge is 0.324 e. The maximum absolute atomic E-state index is 11.5. The van der Waals surface area contributed by atoms with E-state index in [2.05, 4.69) is 21.2 Å². The Balaban J connectivity index is 2.56. The number of nitrogens with one attached hydrogen (secondary N) is 1. The van der Waals surface area contributed by atoms with Crippen molar-refractivity contribution in [3.8, 4) is 0 Å². The normalized spacial score (nSPS) is 9.93. The molecule has 4 nitrogen and oxygen atoms in total. The summed E-state index contributed by atoms with van der Waals surface area (Å²) in [5.74, 6) is 0.453. The Morgan fingerprint density at radius 2 is 2.14 bits per heavy atom. The lowest BCUT2D eigenvalue weighted by molar-refractivity contribution is 0.216. The molecule has 0 aliphatic rings. The number of nitrogens with zero attached hydrogens (tertiary/aromatic N) is 1. The topological polar surface area (TPSA) is 45.5 Å². The molecule has 1 aromatic heterocycles. The monoisotopic (exact) mass is 260 g/mol. The van der Waals surface area contributed by atoms with Crippen LogP contribution in [-0.2, 0) is 0 Å². The summed E-state index contributed by atoms with van der Waals surface area (Å²) in [6.07, 6.45) is 0. The van der Waals surface area contributed by atoms with E-state index >= 15 is 0 Å². The van der Waals surface area contributed by atoms with E-state index in [-0.39, 0.29) is 6.03 Å². The number of anilines is 1. The lowest BCUT2D eigenvalue weighted by Gasteiger charge is -2.17. The molecule has 1 rings (SSSR count). The standard InChI is InChI=1S/C9H13BrN2O2/c1-3-12(4-2)9(13)11-8-6-5-7(10)14-8/h5-6H,3-4H2,1-2H3,(H,11,13). The van der Waals surface area contributed by atoms with E-state index in [9.17, 15) is 4.79 Å². The van der Waals surface area contributed by atoms with Gasteiger partial charge < -0.3 is 9.32 Å². The zero-order valence-corrected chi connectivity index (χ0v) is 9.80. The van der Waals surface area contributed by atoms with Crippen molar-refractivity contribution < 1.29 is 9.21 Å². The van der Waals surface area contributed by atoms with Crippen molar-refractivity contribution in [1.29, 1.82) is 0 Å². The fourth-order valence-electron chi connectivity index (χ4n) is 1.08. The summed E-state index contributed by atoms with van der Waals surface area (Å²) in [7, 11) is 0. The lowest BCUT2D eigenvalue weighted by atomic mass is 10.5. The minimum absolute atomic E-state index is 0.142. The zero-order valence-electron chi connectivity index (χ0n) is 8.21. The number of carbonyl (C=O) groups is 1. The van der Waals surface area contributed by atoms with Gasteiger partial charge in [0, 0.05) is 19.2 Å². The van der Waals surface area contributed by atoms with Gasteiger partial charge in [0.05, 0.1) is 0 Å². The number of hydrogen-bond donors (Lipinski definition) is 1. The molecule has 5 heteroatoms. The van der Waals surface area contributed by atoms with E-state index in [4.69, 9.17) is 4.42 Å². The third-order valence-electron chi connectivity index (χ3n) is 1.85. The van der Waals surface area contributed by atoms with Gasteiger partial charge in [0.1, 0.15) is 0 Å². The van der Waals surface area contributed by atoms with Gasteiger partial charge in [-0.2, -0.15) is 0 Å². The van der Waals surface area contributed by atoms with Crippen LogP contribution in [0.25, 0.3) is 0 Å². The molecule has 0 aliphatic carbocycles. The van der Waals surface area contributed by atoms with Crippen molar-refractivity contribution in [2.75, 3.05) is 18.4 Å². The Morgan fingerprint density at radius 3 is 2.57 bits per heavy atom. The van der Waals surface area contributed by atoms with Gasteiger partial charge in [-0.3, -0.25) is 5.32 Å². The molecular formula is C9H13BrN2O2. The summed E-state index contributed by atoms with van der Waals surface area (Å²) in [4.78, 5) is 13.2. The molecule has 0 bridgehead atoms. The molecule has 1 aromatic rings. The highest BCUT2D eigenvalue weighted by atomic mass is 79.9. The molecule has 0 aromatic carbocycles. The number of hydrogen-bond acceptors (Lipinski definition) is 2. The highest BCUT2D eigenvalue weighted by Crippen LogP contribution is 2.18. The predicted molar refractivity (Wildman–Crippen MR) is 58.3 cm³/mol. The molecule has 78 valence electrons. The number of urea groups is 1. The Labute approximate surface area is 91.4 Å². The quantitative estimate of drug-likeness (QED) is 0.909. The van der Waals surface area contributed by atoms with Crippen molar-refractivity contribution >= 4 is 27.8 Å². The molecule has 2 amide bonds. The van der Waals surface area contributed by atoms with E-state index in [1.165, 1.54) is 0 Å². The molecule has 1 N–H and O–H groups in total. The number of amides is 2. The minimum atomic E-state index is -0.142. The molecule has 0 fully saturated rings. The van der Waals surface area contributed by atoms with Crippen LogP contribution in [0.15, 0.2) is 21.2 Å². The number of furan rings is 1. The summed E-state index contributed by atoms with van der Waals surface area (Å²) >= 11 is 3.16. The second-order valence-electron chi connectivity index (χ2n) is 2.71. The Kier molecular flexibility index (Phi) is 4.00. The molecule has 0 spiro atoms. The van der Waals surface area contributed by atoms with Crippen molar-refractivity contribution in [3.63, 3.8) is 0 Å². The summed E-state index contributed by atoms with van der Waals surface area (Å²) in [6, 6.07) is 3.29. The highest BCUT2D eigenvalue weighted by Gasteiger charge is 2.10. The number of halogens is 1. The van der Waals surface area contributed by atoms with Crippen LogP contribution in [0.4, 0.5) is 10.7 Å². The summed E-state index contributed by atoms with van der Waals surface area (Å²) in [5, 5.41) is 2.66. The van der Waals surface area contributed by atoms with Gasteiger partial charge in [0.15, 0.2) is 4.67 Å². The fourth-order valence-corrected chi connectivity index (χ4v) is 1.38. The predicted octanol–water partition coefficient (Wildman–Crippen LogP) is 2.92. The molecule has 0 aliphatic heterocycles. The first-order valence-corrected chi connectivity index (χ1v) is 5.28. The van der Waals surface area contributed by atoms with Crippen molar-refractivity contribution in [3.05, 3.63) is 16.8 Å². The molecule has 1 heterocycles. The second kappa shape index (κ2) is 5.05. The van der Waals surface area contributed by atoms with Gasteiger partial charge in [-0.1, -0.05) is 0 Å². The fraction of sp³-hybridized carbons (Fsp3) is 0.444. The molecule has 0 saturated heterocycles. The van der Waals surface area contributed by atoms with Gasteiger partial charge in [0.25, 0.3) is 0 Å². The van der Waals surface area contributed by atoms with Gasteiger partial charge in [-0.15, -0.1) is 0 Å². The van der Waals surface area contributed by atoms with Gasteiger partial charge >= 0.3 is 6.03 Å². The van der Waals surface area contributed by atoms with Crippen LogP contribution in [0, 0.1) is 0 Å². The maximum atomic E-state index is 11.5. The van der Waals surface area contributed by atoms with Crippen LogP contribution < -0.4 is 5.32 Å². The van der Waals surface area contributed by atoms with Gasteiger partial charge in [0.2, 0.25) is 5.88 Å². The largest absolute Gasteiger partial charge is 0.434 e. The first-order valence-electron chi connectivity index (χ1n) is 4.48. The molecule has 14 heavy (non-hydrogen) atoms. The molecule has 0 atom stereocenters. The Morgan fingerprint density at radius 1 is 1.50 bits per heavy atom. The molecule has 0 unspecified atom stereocenters. The summed E-state index contributed by atoms with van der Waals surface area (Å²) in [6.45, 7) is 5.23. The van der Waals surface area contributed by atoms with E-state index in [0.29, 0.717) is 23.6 Å². The molecular weight excluding hydrogens is 248 g/mol. The van der Waals surface area contributed by atoms with Crippen molar-refractivity contribution in [2.45, 2.75) is 13.8 Å². The number of rotatable bonds is 3. The van der Waals surface area contributed by atoms with Gasteiger partial charge in [-0.05, 0) is 35.8 Å². The minimum Gasteiger partial charge on any atom is -0.434 e. The van der Waals surface area contributed by atoms with Crippen LogP contribution in [0.3, 0.4) is 0 Å². The van der Waals surface area contributed by atoms with E-state index in [0.717, 1.165) is 0 Å². The van der Waals surface area contributed by atoms with Crippen LogP contribution >= 0.6 is 15.9 Å². The van der Waals surface area contributed by atoms with Crippen LogP contribution in [-0.4, -0.2) is 24.0 Å². The third kappa shape index (κ3) is 2.77. The van der Waals surface area contributed by atoms with E-state index in [1.54, 1.807) is 17.0 Å². The first-order chi connectivity index (χ1) is 6.67. The third-order valence-corrected chi connectivity index (χ3v) is 2.28. The Bertz CT molecular complexity index is 308. The van der Waals surface area contributed by atoms with Crippen LogP contribution in [0.1, 0.15) is 13.8 Å². The molecule has 0 saturated carbocycles. The van der Waals surface area contributed by atoms with Crippen LogP contribution in [0.2, 0.25) is 0 Å². The Hall–Kier alpha value is -0.970. The average molecular weight is 261 g/mol. The first kappa shape index (κ1) is 11.1. The van der Waals surface area contributed by atoms with E-state index < -0.39 is 0 Å². The zero-order chi connectivity index (χ0) is 10.6. The summed E-state index contributed by atoms with van der Waals surface area (Å²) in [5.41, 5.74) is 0. The lowest BCUT2D eigenvalue weighted by Crippen LogP contribution is -2.34. The number of carbonyl (C=O) groups excluding carboxylic acids is 1. The van der Waals surface area contributed by atoms with Gasteiger partial charge in [-0.25, -0.2) is 4.79 Å². The highest BCUT2D eigenvalue weighted by molar-refractivity contribution is 9.10.